The first kappa shape index (κ1) is 13.7. The average molecular weight is 330 g/mol. The largest absolute Gasteiger partial charge is 0.473 e. The lowest BCUT2D eigenvalue weighted by atomic mass is 10.0. The van der Waals surface area contributed by atoms with Gasteiger partial charge in [-0.05, 0) is 35.0 Å². The van der Waals surface area contributed by atoms with Gasteiger partial charge in [0.1, 0.15) is 5.75 Å². The number of halogens is 2. The van der Waals surface area contributed by atoms with Crippen molar-refractivity contribution in [2.45, 2.75) is 6.54 Å². The Hall–Kier alpha value is -1.90. The Balaban J connectivity index is 1.76. The zero-order valence-electron chi connectivity index (χ0n) is 11.7. The molecule has 0 amide bonds. The number of nitrogens with zero attached hydrogens (tertiary/aromatic N) is 1. The molecular formula is C18H13Cl2NO. The molecule has 1 aliphatic rings. The van der Waals surface area contributed by atoms with Crippen LogP contribution in [-0.2, 0) is 6.54 Å². The van der Waals surface area contributed by atoms with E-state index in [9.17, 15) is 0 Å². The molecule has 1 heterocycles. The first-order valence-corrected chi connectivity index (χ1v) is 7.81. The number of benzene rings is 3. The molecule has 1 aliphatic heterocycles. The second-order valence-electron chi connectivity index (χ2n) is 5.33. The minimum atomic E-state index is 0.503. The molecule has 3 aromatic carbocycles. The molecule has 4 heteroatoms. The van der Waals surface area contributed by atoms with Crippen molar-refractivity contribution in [2.24, 2.45) is 0 Å². The lowest BCUT2D eigenvalue weighted by molar-refractivity contribution is 0.290. The zero-order valence-corrected chi connectivity index (χ0v) is 13.2. The van der Waals surface area contributed by atoms with Crippen LogP contribution in [0.5, 0.6) is 5.75 Å². The molecule has 0 bridgehead atoms. The summed E-state index contributed by atoms with van der Waals surface area (Å²) >= 11 is 12.1. The van der Waals surface area contributed by atoms with E-state index in [4.69, 9.17) is 27.9 Å². The minimum Gasteiger partial charge on any atom is -0.473 e. The first-order chi connectivity index (χ1) is 10.7. The Kier molecular flexibility index (Phi) is 3.36. The molecule has 0 atom stereocenters. The van der Waals surface area contributed by atoms with E-state index in [0.717, 1.165) is 18.0 Å². The molecule has 0 spiro atoms. The SMILES string of the molecule is Clc1ccc(N2COc3ccc4ccccc4c3C2)cc1Cl. The lowest BCUT2D eigenvalue weighted by Gasteiger charge is -2.31. The van der Waals surface area contributed by atoms with Gasteiger partial charge in [0, 0.05) is 11.3 Å². The van der Waals surface area contributed by atoms with Crippen LogP contribution in [0.1, 0.15) is 5.56 Å². The van der Waals surface area contributed by atoms with Gasteiger partial charge in [0.25, 0.3) is 0 Å². The fraction of sp³-hybridized carbons (Fsp3) is 0.111. The van der Waals surface area contributed by atoms with Crippen LogP contribution in [0.25, 0.3) is 10.8 Å². The van der Waals surface area contributed by atoms with Gasteiger partial charge in [0.05, 0.1) is 16.6 Å². The van der Waals surface area contributed by atoms with Crippen molar-refractivity contribution in [3.63, 3.8) is 0 Å². The third kappa shape index (κ3) is 2.29. The van der Waals surface area contributed by atoms with Gasteiger partial charge in [-0.3, -0.25) is 0 Å². The summed E-state index contributed by atoms with van der Waals surface area (Å²) in [6, 6.07) is 18.2. The van der Waals surface area contributed by atoms with Crippen LogP contribution in [0.4, 0.5) is 5.69 Å². The molecule has 4 rings (SSSR count). The molecule has 3 aromatic rings. The van der Waals surface area contributed by atoms with Gasteiger partial charge in [0.2, 0.25) is 0 Å². The fourth-order valence-corrected chi connectivity index (χ4v) is 3.14. The van der Waals surface area contributed by atoms with E-state index in [2.05, 4.69) is 35.2 Å². The maximum absolute atomic E-state index is 6.13. The Morgan fingerprint density at radius 3 is 2.64 bits per heavy atom. The summed E-state index contributed by atoms with van der Waals surface area (Å²) in [5.41, 5.74) is 2.21. The van der Waals surface area contributed by atoms with Crippen LogP contribution in [-0.4, -0.2) is 6.73 Å². The van der Waals surface area contributed by atoms with Crippen molar-refractivity contribution < 1.29 is 4.74 Å². The number of rotatable bonds is 1. The molecule has 0 radical (unpaired) electrons. The Morgan fingerprint density at radius 2 is 1.77 bits per heavy atom. The summed E-state index contributed by atoms with van der Waals surface area (Å²) in [5.74, 6) is 0.954. The number of fused-ring (bicyclic) bond motifs is 3. The second kappa shape index (κ2) is 5.38. The van der Waals surface area contributed by atoms with Crippen LogP contribution in [0.3, 0.4) is 0 Å². The second-order valence-corrected chi connectivity index (χ2v) is 6.15. The number of hydrogen-bond donors (Lipinski definition) is 0. The van der Waals surface area contributed by atoms with Crippen molar-refractivity contribution in [3.05, 3.63) is 70.2 Å². The quantitative estimate of drug-likeness (QED) is 0.584. The van der Waals surface area contributed by atoms with Crippen LogP contribution in [0.2, 0.25) is 10.0 Å². The summed E-state index contributed by atoms with van der Waals surface area (Å²) in [6.07, 6.45) is 0. The van der Waals surface area contributed by atoms with Gasteiger partial charge < -0.3 is 9.64 Å². The number of anilines is 1. The van der Waals surface area contributed by atoms with E-state index in [1.54, 1.807) is 0 Å². The van der Waals surface area contributed by atoms with Gasteiger partial charge in [-0.15, -0.1) is 0 Å². The monoisotopic (exact) mass is 329 g/mol. The van der Waals surface area contributed by atoms with E-state index in [0.29, 0.717) is 16.8 Å². The summed E-state index contributed by atoms with van der Waals surface area (Å²) < 4.78 is 5.92. The molecular weight excluding hydrogens is 317 g/mol. The van der Waals surface area contributed by atoms with Gasteiger partial charge in [-0.2, -0.15) is 0 Å². The lowest BCUT2D eigenvalue weighted by Crippen LogP contribution is -2.31. The van der Waals surface area contributed by atoms with Gasteiger partial charge >= 0.3 is 0 Å². The minimum absolute atomic E-state index is 0.503. The van der Waals surface area contributed by atoms with E-state index < -0.39 is 0 Å². The van der Waals surface area contributed by atoms with Crippen LogP contribution in [0.15, 0.2) is 54.6 Å². The molecule has 0 saturated carbocycles. The molecule has 22 heavy (non-hydrogen) atoms. The molecule has 0 fully saturated rings. The van der Waals surface area contributed by atoms with E-state index in [-0.39, 0.29) is 0 Å². The van der Waals surface area contributed by atoms with Crippen molar-refractivity contribution in [1.82, 2.24) is 0 Å². The molecule has 110 valence electrons. The fourth-order valence-electron chi connectivity index (χ4n) is 2.85. The standard InChI is InChI=1S/C18H13Cl2NO/c19-16-7-6-13(9-17(16)20)21-10-15-14-4-2-1-3-12(14)5-8-18(15)22-11-21/h1-9H,10-11H2. The van der Waals surface area contributed by atoms with E-state index >= 15 is 0 Å². The normalized spacial score (nSPS) is 13.8. The van der Waals surface area contributed by atoms with Crippen molar-refractivity contribution >= 4 is 39.7 Å². The highest BCUT2D eigenvalue weighted by Crippen LogP contribution is 2.35. The Labute approximate surface area is 138 Å². The predicted octanol–water partition coefficient (Wildman–Crippen LogP) is 5.50. The van der Waals surface area contributed by atoms with E-state index in [1.807, 2.05) is 24.3 Å². The molecule has 0 aromatic heterocycles. The van der Waals surface area contributed by atoms with Gasteiger partial charge in [0.15, 0.2) is 6.73 Å². The zero-order chi connectivity index (χ0) is 15.1. The van der Waals surface area contributed by atoms with Gasteiger partial charge in [-0.25, -0.2) is 0 Å². The highest BCUT2D eigenvalue weighted by molar-refractivity contribution is 6.42. The molecule has 0 unspecified atom stereocenters. The summed E-state index contributed by atoms with van der Waals surface area (Å²) in [4.78, 5) is 2.15. The highest BCUT2D eigenvalue weighted by atomic mass is 35.5. The molecule has 0 aliphatic carbocycles. The summed E-state index contributed by atoms with van der Waals surface area (Å²) in [6.45, 7) is 1.29. The number of hydrogen-bond acceptors (Lipinski definition) is 2. The third-order valence-corrected chi connectivity index (χ3v) is 4.73. The highest BCUT2D eigenvalue weighted by Gasteiger charge is 2.20. The van der Waals surface area contributed by atoms with Gasteiger partial charge in [-0.1, -0.05) is 53.5 Å². The molecule has 2 nitrogen and oxygen atoms in total. The van der Waals surface area contributed by atoms with Crippen LogP contribution < -0.4 is 9.64 Å². The summed E-state index contributed by atoms with van der Waals surface area (Å²) in [5, 5.41) is 3.57. The average Bonchev–Trinajstić information content (AvgIpc) is 2.57. The predicted molar refractivity (Wildman–Crippen MR) is 92.1 cm³/mol. The molecule has 0 N–H and O–H groups in total. The Bertz CT molecular complexity index is 863. The maximum Gasteiger partial charge on any atom is 0.161 e. The maximum atomic E-state index is 6.13. The van der Waals surface area contributed by atoms with Crippen LogP contribution >= 0.6 is 23.2 Å². The van der Waals surface area contributed by atoms with Crippen LogP contribution in [0, 0.1) is 0 Å². The third-order valence-electron chi connectivity index (χ3n) is 3.99. The first-order valence-electron chi connectivity index (χ1n) is 7.06. The topological polar surface area (TPSA) is 12.5 Å². The smallest absolute Gasteiger partial charge is 0.161 e. The Morgan fingerprint density at radius 1 is 0.909 bits per heavy atom. The van der Waals surface area contributed by atoms with Crippen molar-refractivity contribution in [3.8, 4) is 5.75 Å². The van der Waals surface area contributed by atoms with Crippen molar-refractivity contribution in [2.75, 3.05) is 11.6 Å². The molecule has 0 saturated heterocycles. The number of ether oxygens (including phenoxy) is 1. The van der Waals surface area contributed by atoms with E-state index in [1.165, 1.54) is 16.3 Å². The summed E-state index contributed by atoms with van der Waals surface area (Å²) in [7, 11) is 0. The van der Waals surface area contributed by atoms with Crippen molar-refractivity contribution in [1.29, 1.82) is 0 Å².